The number of nitrogens with one attached hydrogen (secondary N) is 1. The zero-order chi connectivity index (χ0) is 25.7. The monoisotopic (exact) mass is 527 g/mol. The molecule has 0 atom stereocenters. The fourth-order valence-electron chi connectivity index (χ4n) is 4.91. The second-order valence-corrected chi connectivity index (χ2v) is 10.5. The second-order valence-electron chi connectivity index (χ2n) is 9.38. The van der Waals surface area contributed by atoms with Gasteiger partial charge in [-0.3, -0.25) is 19.7 Å². The lowest BCUT2D eigenvalue weighted by Crippen LogP contribution is -2.36. The van der Waals surface area contributed by atoms with E-state index in [0.717, 1.165) is 96.7 Å². The molecule has 1 amide bonds. The average molecular weight is 528 g/mol. The molecule has 1 fully saturated rings. The van der Waals surface area contributed by atoms with Crippen LogP contribution in [-0.4, -0.2) is 76.7 Å². The number of thioether (sulfide) groups is 1. The summed E-state index contributed by atoms with van der Waals surface area (Å²) in [5, 5.41) is 5.65. The molecule has 0 unspecified atom stereocenters. The van der Waals surface area contributed by atoms with Crippen molar-refractivity contribution >= 4 is 40.0 Å². The van der Waals surface area contributed by atoms with E-state index < -0.39 is 0 Å². The summed E-state index contributed by atoms with van der Waals surface area (Å²) in [7, 11) is 0. The number of hydrogen-bond acceptors (Lipinski definition) is 9. The number of hydrogen-bond donors (Lipinski definition) is 1. The predicted octanol–water partition coefficient (Wildman–Crippen LogP) is 2.17. The normalized spacial score (nSPS) is 16.7. The van der Waals surface area contributed by atoms with Crippen LogP contribution in [0, 0.1) is 0 Å². The van der Waals surface area contributed by atoms with Gasteiger partial charge in [0.25, 0.3) is 0 Å². The lowest BCUT2D eigenvalue weighted by molar-refractivity contribution is -0.111. The molecule has 1 N–H and O–H groups in total. The van der Waals surface area contributed by atoms with Crippen LogP contribution in [-0.2, 0) is 16.0 Å². The summed E-state index contributed by atoms with van der Waals surface area (Å²) in [6, 6.07) is 6.05. The number of rotatable bonds is 9. The quantitative estimate of drug-likeness (QED) is 0.336. The summed E-state index contributed by atoms with van der Waals surface area (Å²) >= 11 is 1.83. The molecular weight excluding hydrogens is 498 g/mol. The molecule has 0 spiro atoms. The summed E-state index contributed by atoms with van der Waals surface area (Å²) < 4.78 is 5.39. The van der Waals surface area contributed by atoms with E-state index in [-0.39, 0.29) is 5.91 Å². The Morgan fingerprint density at radius 3 is 2.97 bits per heavy atom. The van der Waals surface area contributed by atoms with E-state index in [4.69, 9.17) is 4.74 Å². The minimum absolute atomic E-state index is 0.207. The number of morpholine rings is 1. The summed E-state index contributed by atoms with van der Waals surface area (Å²) in [5.74, 6) is 2.12. The smallest absolute Gasteiger partial charge is 0.249 e. The van der Waals surface area contributed by atoms with Crippen LogP contribution in [0.4, 0.5) is 5.82 Å². The number of pyridine rings is 1. The Morgan fingerprint density at radius 1 is 1.13 bits per heavy atom. The van der Waals surface area contributed by atoms with Crippen LogP contribution < -0.4 is 16.0 Å². The van der Waals surface area contributed by atoms with Gasteiger partial charge in [-0.2, -0.15) is 11.8 Å². The minimum Gasteiger partial charge on any atom is -0.379 e. The van der Waals surface area contributed by atoms with Crippen molar-refractivity contribution in [1.82, 2.24) is 19.9 Å². The highest BCUT2D eigenvalue weighted by Gasteiger charge is 2.19. The van der Waals surface area contributed by atoms with E-state index in [1.54, 1.807) is 12.3 Å². The molecule has 1 saturated heterocycles. The third kappa shape index (κ3) is 5.52. The number of carbonyl (C=O) groups excluding carboxylic acids is 1. The topological polar surface area (TPSA) is 105 Å². The first-order valence-electron chi connectivity index (χ1n) is 13.0. The zero-order valence-corrected chi connectivity index (χ0v) is 21.9. The van der Waals surface area contributed by atoms with Crippen LogP contribution in [0.15, 0.2) is 59.1 Å². The van der Waals surface area contributed by atoms with Gasteiger partial charge >= 0.3 is 0 Å². The Labute approximate surface area is 224 Å². The molecule has 6 rings (SSSR count). The number of fused-ring (bicyclic) bond motifs is 3. The number of amides is 1. The highest BCUT2D eigenvalue weighted by atomic mass is 32.2. The Morgan fingerprint density at radius 2 is 2.05 bits per heavy atom. The summed E-state index contributed by atoms with van der Waals surface area (Å²) in [4.78, 5) is 37.5. The van der Waals surface area contributed by atoms with Gasteiger partial charge in [0.1, 0.15) is 12.1 Å². The molecule has 1 aromatic carbocycles. The molecule has 10 heteroatoms. The van der Waals surface area contributed by atoms with Crippen LogP contribution in [0.3, 0.4) is 0 Å². The maximum Gasteiger partial charge on any atom is 0.249 e. The molecule has 9 nitrogen and oxygen atoms in total. The number of aromatic nitrogens is 3. The number of nitrogens with zero attached hydrogens (tertiary/aromatic N) is 6. The Hall–Kier alpha value is -3.47. The van der Waals surface area contributed by atoms with Crippen LogP contribution >= 0.6 is 11.8 Å². The van der Waals surface area contributed by atoms with Crippen LogP contribution in [0.25, 0.3) is 16.5 Å². The van der Waals surface area contributed by atoms with Crippen molar-refractivity contribution in [3.05, 3.63) is 76.6 Å². The van der Waals surface area contributed by atoms with Crippen molar-refractivity contribution in [3.63, 3.8) is 0 Å². The molecule has 0 aliphatic carbocycles. The molecule has 194 valence electrons. The van der Waals surface area contributed by atoms with Gasteiger partial charge in [-0.05, 0) is 48.9 Å². The molecular formula is C28H29N7O2S. The molecule has 2 aromatic heterocycles. The fraction of sp³-hybridized carbons (Fsp3) is 0.357. The van der Waals surface area contributed by atoms with Crippen molar-refractivity contribution in [3.8, 4) is 0 Å². The highest BCUT2D eigenvalue weighted by molar-refractivity contribution is 7.99. The van der Waals surface area contributed by atoms with E-state index in [1.165, 1.54) is 11.9 Å². The third-order valence-electron chi connectivity index (χ3n) is 6.86. The van der Waals surface area contributed by atoms with Gasteiger partial charge in [-0.25, -0.2) is 15.0 Å². The third-order valence-corrected chi connectivity index (χ3v) is 7.87. The first kappa shape index (κ1) is 24.8. The largest absolute Gasteiger partial charge is 0.379 e. The number of benzene rings is 1. The molecule has 3 aliphatic heterocycles. The van der Waals surface area contributed by atoms with Gasteiger partial charge in [-0.15, -0.1) is 0 Å². The van der Waals surface area contributed by atoms with Gasteiger partial charge < -0.3 is 10.1 Å². The summed E-state index contributed by atoms with van der Waals surface area (Å²) in [6.45, 7) is 5.66. The number of anilines is 1. The molecule has 0 saturated carbocycles. The van der Waals surface area contributed by atoms with Crippen molar-refractivity contribution in [1.29, 1.82) is 0 Å². The standard InChI is InChI=1S/C28H29N7O2S/c36-27(3-1-11-38-12-2-6-35-7-9-37-10-8-35)34-26-15-21-25(17-31-26)32-18-33-28(21)22-16-30-24-13-19-4-5-29-23(19)14-20(22)24/h1,3,13-18H,2,4-12H2,(H,31,34,36). The van der Waals surface area contributed by atoms with Crippen LogP contribution in [0.5, 0.6) is 0 Å². The Balaban J connectivity index is 1.08. The van der Waals surface area contributed by atoms with Gasteiger partial charge in [0, 0.05) is 54.2 Å². The van der Waals surface area contributed by atoms with E-state index in [2.05, 4.69) is 47.3 Å². The lowest BCUT2D eigenvalue weighted by Gasteiger charge is -2.26. The molecule has 3 aliphatic rings. The fourth-order valence-corrected chi connectivity index (χ4v) is 5.64. The Bertz CT molecular complexity index is 1550. The van der Waals surface area contributed by atoms with E-state index in [9.17, 15) is 4.79 Å². The average Bonchev–Trinajstić information content (AvgIpc) is 3.57. The lowest BCUT2D eigenvalue weighted by atomic mass is 9.99. The number of carbonyl (C=O) groups is 1. The number of ether oxygens (including phenoxy) is 1. The van der Waals surface area contributed by atoms with Crippen molar-refractivity contribution in [2.45, 2.75) is 12.8 Å². The zero-order valence-electron chi connectivity index (χ0n) is 21.1. The van der Waals surface area contributed by atoms with E-state index >= 15 is 0 Å². The van der Waals surface area contributed by atoms with Gasteiger partial charge in [0.05, 0.1) is 41.3 Å². The van der Waals surface area contributed by atoms with Gasteiger partial charge in [0.2, 0.25) is 5.91 Å². The van der Waals surface area contributed by atoms with Crippen LogP contribution in [0.1, 0.15) is 23.2 Å². The van der Waals surface area contributed by atoms with Gasteiger partial charge in [0.15, 0.2) is 0 Å². The minimum atomic E-state index is -0.207. The van der Waals surface area contributed by atoms with E-state index in [0.29, 0.717) is 11.3 Å². The molecule has 0 radical (unpaired) electrons. The highest BCUT2D eigenvalue weighted by Crippen LogP contribution is 2.28. The molecule has 0 bridgehead atoms. The van der Waals surface area contributed by atoms with Crippen molar-refractivity contribution < 1.29 is 9.53 Å². The van der Waals surface area contributed by atoms with Crippen LogP contribution in [0.2, 0.25) is 0 Å². The van der Waals surface area contributed by atoms with Crippen molar-refractivity contribution in [2.24, 2.45) is 9.98 Å². The van der Waals surface area contributed by atoms with E-state index in [1.807, 2.05) is 30.1 Å². The summed E-state index contributed by atoms with van der Waals surface area (Å²) in [5.41, 5.74) is 4.64. The second kappa shape index (κ2) is 11.5. The van der Waals surface area contributed by atoms with Crippen molar-refractivity contribution in [2.75, 3.05) is 56.2 Å². The molecule has 38 heavy (non-hydrogen) atoms. The maximum atomic E-state index is 12.5. The first-order chi connectivity index (χ1) is 18.7. The predicted molar refractivity (Wildman–Crippen MR) is 149 cm³/mol. The first-order valence-corrected chi connectivity index (χ1v) is 14.1. The molecule has 5 heterocycles. The maximum absolute atomic E-state index is 12.5. The van der Waals surface area contributed by atoms with Gasteiger partial charge in [-0.1, -0.05) is 6.08 Å². The Kier molecular flexibility index (Phi) is 7.52. The SMILES string of the molecule is O=C(C=CCSCCCN1CCOCC1)Nc1cc2c(C3=CN=c4cc5c(cc43)=NCC5)ncnc2cn1. The summed E-state index contributed by atoms with van der Waals surface area (Å²) in [6.07, 6.45) is 10.6. The molecule has 3 aromatic rings.